The van der Waals surface area contributed by atoms with Gasteiger partial charge >= 0.3 is 0 Å². The Morgan fingerprint density at radius 3 is 1.85 bits per heavy atom. The summed E-state index contributed by atoms with van der Waals surface area (Å²) in [7, 11) is -4.84. The quantitative estimate of drug-likeness (QED) is 0.710. The monoisotopic (exact) mass is 412 g/mol. The van der Waals surface area contributed by atoms with Gasteiger partial charge in [0, 0.05) is 6.42 Å². The number of benzene rings is 2. The van der Waals surface area contributed by atoms with Gasteiger partial charge in [0.2, 0.25) is 0 Å². The van der Waals surface area contributed by atoms with Gasteiger partial charge in [-0.3, -0.25) is 0 Å². The van der Waals surface area contributed by atoms with Crippen LogP contribution in [0.25, 0.3) is 0 Å². The molecule has 0 bridgehead atoms. The van der Waals surface area contributed by atoms with Crippen molar-refractivity contribution in [3.05, 3.63) is 59.5 Å². The SMILES string of the molecule is C/C=C(\CCCC)[S+]1c2ccccc2Sc2ccccc21.[O-][Cl+3]([O-])([O-])[O-]. The maximum atomic E-state index is 8.49. The minimum absolute atomic E-state index is 0.106. The number of fused-ring (bicyclic) bond motifs is 2. The van der Waals surface area contributed by atoms with Crippen LogP contribution in [0.15, 0.2) is 79.1 Å². The number of hydrogen-bond donors (Lipinski definition) is 0. The summed E-state index contributed by atoms with van der Waals surface area (Å²) in [5.74, 6) is 0. The molecule has 0 N–H and O–H groups in total. The maximum absolute atomic E-state index is 8.49. The lowest BCUT2D eigenvalue weighted by Gasteiger charge is -2.20. The minimum atomic E-state index is -4.94. The van der Waals surface area contributed by atoms with Gasteiger partial charge in [0.05, 0.1) is 20.7 Å². The van der Waals surface area contributed by atoms with E-state index in [-0.39, 0.29) is 10.9 Å². The summed E-state index contributed by atoms with van der Waals surface area (Å²) in [6, 6.07) is 17.8. The van der Waals surface area contributed by atoms with Crippen LogP contribution < -0.4 is 18.6 Å². The van der Waals surface area contributed by atoms with Crippen molar-refractivity contribution < 1.29 is 28.9 Å². The van der Waals surface area contributed by atoms with E-state index in [4.69, 9.17) is 18.6 Å². The highest BCUT2D eigenvalue weighted by Crippen LogP contribution is 2.48. The molecule has 1 aliphatic heterocycles. The fourth-order valence-corrected chi connectivity index (χ4v) is 6.61. The van der Waals surface area contributed by atoms with Crippen LogP contribution in [0.4, 0.5) is 0 Å². The normalized spacial score (nSPS) is 14.2. The van der Waals surface area contributed by atoms with Crippen LogP contribution in [0, 0.1) is 10.2 Å². The molecule has 0 fully saturated rings. The molecule has 0 atom stereocenters. The van der Waals surface area contributed by atoms with Crippen molar-refractivity contribution in [2.45, 2.75) is 52.7 Å². The number of rotatable bonds is 4. The maximum Gasteiger partial charge on any atom is 0.180 e. The van der Waals surface area contributed by atoms with Crippen LogP contribution in [0.2, 0.25) is 0 Å². The van der Waals surface area contributed by atoms with Crippen molar-refractivity contribution >= 4 is 22.7 Å². The minimum Gasteiger partial charge on any atom is -0.222 e. The third kappa shape index (κ3) is 6.03. The first kappa shape index (κ1) is 21.3. The predicted molar refractivity (Wildman–Crippen MR) is 94.2 cm³/mol. The van der Waals surface area contributed by atoms with Crippen LogP contribution in [0.5, 0.6) is 0 Å². The molecule has 0 aromatic heterocycles. The zero-order chi connectivity index (χ0) is 19.2. The molecule has 2 aromatic carbocycles. The summed E-state index contributed by atoms with van der Waals surface area (Å²) in [5, 5.41) is 0. The van der Waals surface area contributed by atoms with E-state index in [0.29, 0.717) is 0 Å². The molecule has 0 amide bonds. The van der Waals surface area contributed by atoms with Crippen LogP contribution in [-0.4, -0.2) is 0 Å². The van der Waals surface area contributed by atoms with Gasteiger partial charge in [0.1, 0.15) is 4.91 Å². The van der Waals surface area contributed by atoms with Gasteiger partial charge in [0.15, 0.2) is 9.79 Å². The molecule has 1 heterocycles. The van der Waals surface area contributed by atoms with Gasteiger partial charge in [-0.2, -0.15) is 0 Å². The van der Waals surface area contributed by atoms with Gasteiger partial charge in [0.25, 0.3) is 0 Å². The number of halogens is 1. The molecular weight excluding hydrogens is 392 g/mol. The largest absolute Gasteiger partial charge is 0.222 e. The Hall–Kier alpha value is -0.990. The van der Waals surface area contributed by atoms with Gasteiger partial charge in [-0.05, 0) is 43.7 Å². The summed E-state index contributed by atoms with van der Waals surface area (Å²) in [5.41, 5.74) is 0. The molecule has 7 heteroatoms. The third-order valence-corrected chi connectivity index (χ3v) is 7.69. The second-order valence-electron chi connectivity index (χ2n) is 5.54. The lowest BCUT2D eigenvalue weighted by atomic mass is 10.2. The summed E-state index contributed by atoms with van der Waals surface area (Å²) in [4.78, 5) is 7.46. The second kappa shape index (κ2) is 9.80. The summed E-state index contributed by atoms with van der Waals surface area (Å²) in [6.45, 7) is 4.47. The van der Waals surface area contributed by atoms with E-state index < -0.39 is 10.2 Å². The molecule has 0 radical (unpaired) electrons. The zero-order valence-corrected chi connectivity index (χ0v) is 17.0. The smallest absolute Gasteiger partial charge is 0.180 e. The fraction of sp³-hybridized carbons (Fsp3) is 0.263. The van der Waals surface area contributed by atoms with Gasteiger partial charge < -0.3 is 0 Å². The van der Waals surface area contributed by atoms with Crippen LogP contribution in [-0.2, 0) is 10.9 Å². The number of allylic oxidation sites excluding steroid dienone is 2. The Morgan fingerprint density at radius 1 is 0.962 bits per heavy atom. The van der Waals surface area contributed by atoms with Crippen LogP contribution in [0.1, 0.15) is 33.1 Å². The Labute approximate surface area is 163 Å². The lowest BCUT2D eigenvalue weighted by molar-refractivity contribution is -2.00. The first-order valence-electron chi connectivity index (χ1n) is 8.22. The van der Waals surface area contributed by atoms with E-state index in [9.17, 15) is 0 Å². The molecule has 4 nitrogen and oxygen atoms in total. The highest BCUT2D eigenvalue weighted by Gasteiger charge is 2.38. The first-order valence-corrected chi connectivity index (χ1v) is 11.5. The molecule has 26 heavy (non-hydrogen) atoms. The van der Waals surface area contributed by atoms with Crippen molar-refractivity contribution in [1.29, 1.82) is 0 Å². The van der Waals surface area contributed by atoms with Gasteiger partial charge in [-0.1, -0.05) is 49.4 Å². The Balaban J connectivity index is 0.000000431. The summed E-state index contributed by atoms with van der Waals surface area (Å²) < 4.78 is 34.0. The van der Waals surface area contributed by atoms with E-state index >= 15 is 0 Å². The molecule has 1 aliphatic rings. The van der Waals surface area contributed by atoms with E-state index in [0.717, 1.165) is 0 Å². The standard InChI is InChI=1S/C19H21S2.ClHO4/c1-3-5-10-15(4-2)21-18-13-8-6-11-16(18)20-17-12-7-9-14-19(17)21;2-1(3,4)5/h4,6-9,11-14H,3,5,10H2,1-2H3;(H,2,3,4,5)/q+1;/p-1/b15-4+;. The van der Waals surface area contributed by atoms with Crippen LogP contribution >= 0.6 is 11.8 Å². The highest BCUT2D eigenvalue weighted by atomic mass is 35.7. The van der Waals surface area contributed by atoms with E-state index in [1.807, 2.05) is 11.8 Å². The molecule has 0 saturated carbocycles. The average Bonchev–Trinajstić information content (AvgIpc) is 2.60. The highest BCUT2D eigenvalue weighted by molar-refractivity contribution is 8.05. The summed E-state index contributed by atoms with van der Waals surface area (Å²) in [6.07, 6.45) is 6.10. The topological polar surface area (TPSA) is 92.2 Å². The predicted octanol–water partition coefficient (Wildman–Crippen LogP) is 1.53. The van der Waals surface area contributed by atoms with Gasteiger partial charge in [-0.25, -0.2) is 18.6 Å². The van der Waals surface area contributed by atoms with Crippen LogP contribution in [0.3, 0.4) is 0 Å². The number of hydrogen-bond acceptors (Lipinski definition) is 5. The van der Waals surface area contributed by atoms with Crippen molar-refractivity contribution in [1.82, 2.24) is 0 Å². The van der Waals surface area contributed by atoms with Crippen molar-refractivity contribution in [2.75, 3.05) is 0 Å². The van der Waals surface area contributed by atoms with E-state index in [1.54, 1.807) is 4.91 Å². The Bertz CT molecular complexity index is 708. The number of unbranched alkanes of at least 4 members (excludes halogenated alkanes) is 1. The van der Waals surface area contributed by atoms with Gasteiger partial charge in [-0.15, -0.1) is 10.2 Å². The molecule has 2 aromatic rings. The lowest BCUT2D eigenvalue weighted by Crippen LogP contribution is -2.68. The average molecular weight is 413 g/mol. The van der Waals surface area contributed by atoms with E-state index in [2.05, 4.69) is 68.5 Å². The third-order valence-electron chi connectivity index (χ3n) is 3.72. The molecule has 0 saturated heterocycles. The fourth-order valence-electron chi connectivity index (χ4n) is 2.64. The molecule has 0 spiro atoms. The van der Waals surface area contributed by atoms with E-state index in [1.165, 1.54) is 38.8 Å². The molecule has 3 rings (SSSR count). The second-order valence-corrected chi connectivity index (χ2v) is 9.39. The Morgan fingerprint density at radius 2 is 1.42 bits per heavy atom. The molecule has 0 unspecified atom stereocenters. The summed E-state index contributed by atoms with van der Waals surface area (Å²) >= 11 is 1.92. The first-order chi connectivity index (χ1) is 12.3. The van der Waals surface area contributed by atoms with Crippen molar-refractivity contribution in [2.24, 2.45) is 0 Å². The van der Waals surface area contributed by atoms with Crippen molar-refractivity contribution in [3.8, 4) is 0 Å². The molecule has 0 aliphatic carbocycles. The van der Waals surface area contributed by atoms with Crippen molar-refractivity contribution in [3.63, 3.8) is 0 Å². The Kier molecular flexibility index (Phi) is 8.04. The zero-order valence-electron chi connectivity index (χ0n) is 14.6. The molecular formula is C19H21ClO4S2. The molecule has 140 valence electrons.